The maximum atomic E-state index is 12.2. The predicted octanol–water partition coefficient (Wildman–Crippen LogP) is 2.64. The highest BCUT2D eigenvalue weighted by molar-refractivity contribution is 5.88. The SMILES string of the molecule is CCCC(C)NC(=O)N1CCc2ccc(C(=O)O)cc2C1. The van der Waals surface area contributed by atoms with Crippen molar-refractivity contribution in [3.05, 3.63) is 34.9 Å². The van der Waals surface area contributed by atoms with Crippen LogP contribution < -0.4 is 5.32 Å². The van der Waals surface area contributed by atoms with Crippen molar-refractivity contribution in [3.8, 4) is 0 Å². The summed E-state index contributed by atoms with van der Waals surface area (Å²) in [5.41, 5.74) is 2.33. The number of rotatable bonds is 4. The molecule has 0 bridgehead atoms. The maximum Gasteiger partial charge on any atom is 0.335 e. The van der Waals surface area contributed by atoms with Gasteiger partial charge in [-0.25, -0.2) is 9.59 Å². The molecule has 1 aromatic carbocycles. The van der Waals surface area contributed by atoms with Gasteiger partial charge >= 0.3 is 12.0 Å². The summed E-state index contributed by atoms with van der Waals surface area (Å²) in [7, 11) is 0. The molecular weight excluding hydrogens is 268 g/mol. The molecule has 0 spiro atoms. The molecule has 0 saturated heterocycles. The molecule has 5 nitrogen and oxygen atoms in total. The van der Waals surface area contributed by atoms with Crippen LogP contribution in [0.25, 0.3) is 0 Å². The number of hydrogen-bond acceptors (Lipinski definition) is 2. The Kier molecular flexibility index (Phi) is 4.83. The largest absolute Gasteiger partial charge is 0.478 e. The van der Waals surface area contributed by atoms with E-state index in [-0.39, 0.29) is 17.6 Å². The summed E-state index contributed by atoms with van der Waals surface area (Å²) in [6, 6.07) is 5.25. The highest BCUT2D eigenvalue weighted by Gasteiger charge is 2.22. The molecule has 1 aliphatic rings. The third-order valence-corrected chi connectivity index (χ3v) is 3.84. The number of carbonyl (C=O) groups excluding carboxylic acids is 1. The Morgan fingerprint density at radius 1 is 1.38 bits per heavy atom. The number of carboxylic acids is 1. The number of nitrogens with zero attached hydrogens (tertiary/aromatic N) is 1. The first-order valence-corrected chi connectivity index (χ1v) is 7.41. The normalized spacial score (nSPS) is 15.2. The first kappa shape index (κ1) is 15.4. The van der Waals surface area contributed by atoms with Gasteiger partial charge in [0.2, 0.25) is 0 Å². The number of benzene rings is 1. The molecule has 5 heteroatoms. The third kappa shape index (κ3) is 3.74. The average molecular weight is 290 g/mol. The minimum atomic E-state index is -0.934. The average Bonchev–Trinajstić information content (AvgIpc) is 2.46. The molecule has 1 aliphatic heterocycles. The van der Waals surface area contributed by atoms with E-state index in [0.717, 1.165) is 30.4 Å². The molecule has 0 radical (unpaired) electrons. The number of carboxylic acid groups (broad SMARTS) is 1. The fraction of sp³-hybridized carbons (Fsp3) is 0.500. The van der Waals surface area contributed by atoms with Crippen molar-refractivity contribution in [1.29, 1.82) is 0 Å². The predicted molar refractivity (Wildman–Crippen MR) is 80.4 cm³/mol. The Hall–Kier alpha value is -2.04. The quantitative estimate of drug-likeness (QED) is 0.895. The molecule has 114 valence electrons. The molecule has 0 saturated carbocycles. The summed E-state index contributed by atoms with van der Waals surface area (Å²) in [5.74, 6) is -0.934. The van der Waals surface area contributed by atoms with Gasteiger partial charge in [-0.05, 0) is 43.0 Å². The summed E-state index contributed by atoms with van der Waals surface area (Å²) < 4.78 is 0. The van der Waals surface area contributed by atoms with E-state index >= 15 is 0 Å². The number of nitrogens with one attached hydrogen (secondary N) is 1. The van der Waals surface area contributed by atoms with Crippen molar-refractivity contribution in [2.45, 2.75) is 45.7 Å². The zero-order chi connectivity index (χ0) is 15.4. The van der Waals surface area contributed by atoms with Gasteiger partial charge in [-0.15, -0.1) is 0 Å². The minimum Gasteiger partial charge on any atom is -0.478 e. The first-order valence-electron chi connectivity index (χ1n) is 7.41. The van der Waals surface area contributed by atoms with Crippen LogP contribution in [0.1, 0.15) is 48.2 Å². The molecule has 1 atom stereocenters. The zero-order valence-electron chi connectivity index (χ0n) is 12.6. The van der Waals surface area contributed by atoms with Crippen molar-refractivity contribution in [2.24, 2.45) is 0 Å². The first-order chi connectivity index (χ1) is 10.0. The molecule has 1 unspecified atom stereocenters. The summed E-state index contributed by atoms with van der Waals surface area (Å²) in [6.07, 6.45) is 2.76. The monoisotopic (exact) mass is 290 g/mol. The van der Waals surface area contributed by atoms with Gasteiger partial charge in [-0.3, -0.25) is 0 Å². The molecule has 2 amide bonds. The van der Waals surface area contributed by atoms with Gasteiger partial charge in [-0.1, -0.05) is 19.4 Å². The van der Waals surface area contributed by atoms with Crippen molar-refractivity contribution in [3.63, 3.8) is 0 Å². The molecular formula is C16H22N2O3. The van der Waals surface area contributed by atoms with Gasteiger partial charge in [0.1, 0.15) is 0 Å². The number of urea groups is 1. The summed E-state index contributed by atoms with van der Waals surface area (Å²) in [6.45, 7) is 5.24. The van der Waals surface area contributed by atoms with Gasteiger partial charge in [0, 0.05) is 19.1 Å². The van der Waals surface area contributed by atoms with Crippen LogP contribution in [-0.4, -0.2) is 34.6 Å². The summed E-state index contributed by atoms with van der Waals surface area (Å²) >= 11 is 0. The van der Waals surface area contributed by atoms with Crippen molar-refractivity contribution >= 4 is 12.0 Å². The highest BCUT2D eigenvalue weighted by Crippen LogP contribution is 2.20. The maximum absolute atomic E-state index is 12.2. The standard InChI is InChI=1S/C16H22N2O3/c1-3-4-11(2)17-16(21)18-8-7-12-5-6-13(15(19)20)9-14(12)10-18/h5-6,9,11H,3-4,7-8,10H2,1-2H3,(H,17,21)(H,19,20). The lowest BCUT2D eigenvalue weighted by Gasteiger charge is -2.30. The lowest BCUT2D eigenvalue weighted by Crippen LogP contribution is -2.45. The second kappa shape index (κ2) is 6.61. The lowest BCUT2D eigenvalue weighted by molar-refractivity contribution is 0.0696. The number of carbonyl (C=O) groups is 2. The Balaban J connectivity index is 2.05. The van der Waals surface area contributed by atoms with E-state index in [9.17, 15) is 9.59 Å². The number of fused-ring (bicyclic) bond motifs is 1. The van der Waals surface area contributed by atoms with E-state index in [0.29, 0.717) is 13.1 Å². The van der Waals surface area contributed by atoms with Gasteiger partial charge < -0.3 is 15.3 Å². The van der Waals surface area contributed by atoms with Crippen LogP contribution in [0.2, 0.25) is 0 Å². The van der Waals surface area contributed by atoms with Gasteiger partial charge in [0.25, 0.3) is 0 Å². The molecule has 2 N–H and O–H groups in total. The topological polar surface area (TPSA) is 69.6 Å². The van der Waals surface area contributed by atoms with E-state index in [1.54, 1.807) is 17.0 Å². The van der Waals surface area contributed by atoms with E-state index in [2.05, 4.69) is 12.2 Å². The van der Waals surface area contributed by atoms with Crippen LogP contribution >= 0.6 is 0 Å². The molecule has 0 fully saturated rings. The molecule has 0 aromatic heterocycles. The lowest BCUT2D eigenvalue weighted by atomic mass is 9.97. The van der Waals surface area contributed by atoms with E-state index in [4.69, 9.17) is 5.11 Å². The van der Waals surface area contributed by atoms with E-state index in [1.165, 1.54) is 0 Å². The van der Waals surface area contributed by atoms with E-state index in [1.807, 2.05) is 13.0 Å². The van der Waals surface area contributed by atoms with E-state index < -0.39 is 5.97 Å². The highest BCUT2D eigenvalue weighted by atomic mass is 16.4. The Labute approximate surface area is 125 Å². The van der Waals surface area contributed by atoms with Crippen LogP contribution in [0.4, 0.5) is 4.79 Å². The molecule has 1 aromatic rings. The second-order valence-electron chi connectivity index (χ2n) is 5.60. The number of aromatic carboxylic acids is 1. The fourth-order valence-electron chi connectivity index (χ4n) is 2.67. The van der Waals surface area contributed by atoms with Crippen LogP contribution in [0.3, 0.4) is 0 Å². The summed E-state index contributed by atoms with van der Waals surface area (Å²) in [5, 5.41) is 12.0. The van der Waals surface area contributed by atoms with Crippen molar-refractivity contribution < 1.29 is 14.7 Å². The Morgan fingerprint density at radius 3 is 2.81 bits per heavy atom. The van der Waals surface area contributed by atoms with Crippen LogP contribution in [0.15, 0.2) is 18.2 Å². The molecule has 21 heavy (non-hydrogen) atoms. The Morgan fingerprint density at radius 2 is 2.14 bits per heavy atom. The number of amides is 2. The van der Waals surface area contributed by atoms with Gasteiger partial charge in [-0.2, -0.15) is 0 Å². The number of hydrogen-bond donors (Lipinski definition) is 2. The van der Waals surface area contributed by atoms with Crippen LogP contribution in [0, 0.1) is 0 Å². The molecule has 0 aliphatic carbocycles. The smallest absolute Gasteiger partial charge is 0.335 e. The molecule has 1 heterocycles. The Bertz CT molecular complexity index is 542. The molecule has 2 rings (SSSR count). The minimum absolute atomic E-state index is 0.0673. The van der Waals surface area contributed by atoms with Crippen molar-refractivity contribution in [2.75, 3.05) is 6.54 Å². The van der Waals surface area contributed by atoms with Crippen LogP contribution in [-0.2, 0) is 13.0 Å². The van der Waals surface area contributed by atoms with Gasteiger partial charge in [0.05, 0.1) is 5.56 Å². The van der Waals surface area contributed by atoms with Crippen LogP contribution in [0.5, 0.6) is 0 Å². The summed E-state index contributed by atoms with van der Waals surface area (Å²) in [4.78, 5) is 25.0. The second-order valence-corrected chi connectivity index (χ2v) is 5.60. The fourth-order valence-corrected chi connectivity index (χ4v) is 2.67. The zero-order valence-corrected chi connectivity index (χ0v) is 12.6. The third-order valence-electron chi connectivity index (χ3n) is 3.84. The van der Waals surface area contributed by atoms with Crippen molar-refractivity contribution in [1.82, 2.24) is 10.2 Å². The van der Waals surface area contributed by atoms with Gasteiger partial charge in [0.15, 0.2) is 0 Å².